The van der Waals surface area contributed by atoms with Crippen LogP contribution in [0.1, 0.15) is 29.5 Å². The van der Waals surface area contributed by atoms with Crippen molar-refractivity contribution in [3.8, 4) is 0 Å². The molecular weight excluding hydrogens is 352 g/mol. The Morgan fingerprint density at radius 2 is 1.61 bits per heavy atom. The molecule has 0 spiro atoms. The molecule has 2 aromatic carbocycles. The molecule has 0 aliphatic heterocycles. The summed E-state index contributed by atoms with van der Waals surface area (Å²) in [7, 11) is 2.08. The summed E-state index contributed by atoms with van der Waals surface area (Å²) in [5, 5.41) is 3.23. The first-order chi connectivity index (χ1) is 13.4. The minimum atomic E-state index is -0.365. The number of nitrogens with one attached hydrogen (secondary N) is 1. The Morgan fingerprint density at radius 3 is 2.21 bits per heavy atom. The fraction of sp³-hybridized carbons (Fsp3) is 0.364. The van der Waals surface area contributed by atoms with Gasteiger partial charge in [0.2, 0.25) is 11.8 Å². The minimum absolute atomic E-state index is 0.230. The van der Waals surface area contributed by atoms with Gasteiger partial charge in [0.25, 0.3) is 0 Å². The average molecular weight is 383 g/mol. The van der Waals surface area contributed by atoms with E-state index in [0.29, 0.717) is 13.0 Å². The maximum atomic E-state index is 11.8. The number of primary amides is 2. The minimum Gasteiger partial charge on any atom is -0.369 e. The predicted octanol–water partition coefficient (Wildman–Crippen LogP) is 1.57. The van der Waals surface area contributed by atoms with Gasteiger partial charge in [-0.1, -0.05) is 54.6 Å². The van der Waals surface area contributed by atoms with Gasteiger partial charge in [0.1, 0.15) is 0 Å². The zero-order valence-corrected chi connectivity index (χ0v) is 16.4. The summed E-state index contributed by atoms with van der Waals surface area (Å²) < 4.78 is 0. The highest BCUT2D eigenvalue weighted by Gasteiger charge is 2.14. The van der Waals surface area contributed by atoms with E-state index in [9.17, 15) is 9.59 Å². The Kier molecular flexibility index (Phi) is 8.65. The predicted molar refractivity (Wildman–Crippen MR) is 111 cm³/mol. The smallest absolute Gasteiger partial charge is 0.234 e. The second-order valence-electron chi connectivity index (χ2n) is 7.16. The Labute approximate surface area is 166 Å². The van der Waals surface area contributed by atoms with Gasteiger partial charge in [-0.2, -0.15) is 0 Å². The van der Waals surface area contributed by atoms with Gasteiger partial charge in [0, 0.05) is 13.1 Å². The SMILES string of the molecule is CN(CCC[C@@H](NCc1ccc(CC(N)=O)cc1)C(N)=O)Cc1ccccc1. The van der Waals surface area contributed by atoms with Crippen molar-refractivity contribution >= 4 is 11.8 Å². The zero-order valence-electron chi connectivity index (χ0n) is 16.4. The normalized spacial score (nSPS) is 12.1. The topological polar surface area (TPSA) is 101 Å². The number of carbonyl (C=O) groups excluding carboxylic acids is 2. The quantitative estimate of drug-likeness (QED) is 0.519. The lowest BCUT2D eigenvalue weighted by atomic mass is 10.1. The van der Waals surface area contributed by atoms with E-state index < -0.39 is 0 Å². The lowest BCUT2D eigenvalue weighted by Gasteiger charge is -2.19. The van der Waals surface area contributed by atoms with Gasteiger partial charge >= 0.3 is 0 Å². The first kappa shape index (κ1) is 21.6. The van der Waals surface area contributed by atoms with E-state index in [1.807, 2.05) is 42.5 Å². The lowest BCUT2D eigenvalue weighted by molar-refractivity contribution is -0.120. The molecule has 0 aliphatic carbocycles. The van der Waals surface area contributed by atoms with Crippen molar-refractivity contribution in [2.45, 2.75) is 38.4 Å². The lowest BCUT2D eigenvalue weighted by Crippen LogP contribution is -2.41. The van der Waals surface area contributed by atoms with Crippen LogP contribution in [-0.2, 0) is 29.1 Å². The maximum Gasteiger partial charge on any atom is 0.234 e. The summed E-state index contributed by atoms with van der Waals surface area (Å²) in [5.41, 5.74) is 13.9. The Hall–Kier alpha value is -2.70. The molecule has 0 bridgehead atoms. The van der Waals surface area contributed by atoms with Gasteiger partial charge in [-0.3, -0.25) is 9.59 Å². The van der Waals surface area contributed by atoms with Crippen LogP contribution in [0, 0.1) is 0 Å². The van der Waals surface area contributed by atoms with Crippen LogP contribution in [-0.4, -0.2) is 36.3 Å². The zero-order chi connectivity index (χ0) is 20.4. The Morgan fingerprint density at radius 1 is 0.964 bits per heavy atom. The molecule has 0 aliphatic rings. The molecule has 0 saturated carbocycles. The molecule has 5 N–H and O–H groups in total. The van der Waals surface area contributed by atoms with Crippen LogP contribution < -0.4 is 16.8 Å². The molecular formula is C22H30N4O2. The number of nitrogens with zero attached hydrogens (tertiary/aromatic N) is 1. The average Bonchev–Trinajstić information content (AvgIpc) is 2.65. The van der Waals surface area contributed by atoms with Crippen LogP contribution in [0.3, 0.4) is 0 Å². The number of rotatable bonds is 12. The molecule has 6 nitrogen and oxygen atoms in total. The van der Waals surface area contributed by atoms with E-state index in [2.05, 4.69) is 29.4 Å². The molecule has 0 saturated heterocycles. The summed E-state index contributed by atoms with van der Waals surface area (Å²) in [6, 6.07) is 17.5. The highest BCUT2D eigenvalue weighted by atomic mass is 16.1. The van der Waals surface area contributed by atoms with Crippen molar-refractivity contribution in [2.75, 3.05) is 13.6 Å². The van der Waals surface area contributed by atoms with Crippen molar-refractivity contribution in [1.82, 2.24) is 10.2 Å². The summed E-state index contributed by atoms with van der Waals surface area (Å²) >= 11 is 0. The Balaban J connectivity index is 1.75. The summed E-state index contributed by atoms with van der Waals surface area (Å²) in [5.74, 6) is -0.687. The van der Waals surface area contributed by atoms with Crippen LogP contribution in [0.4, 0.5) is 0 Å². The fourth-order valence-corrected chi connectivity index (χ4v) is 3.10. The Bertz CT molecular complexity index is 747. The van der Waals surface area contributed by atoms with E-state index in [-0.39, 0.29) is 24.3 Å². The van der Waals surface area contributed by atoms with Crippen molar-refractivity contribution in [3.63, 3.8) is 0 Å². The van der Waals surface area contributed by atoms with Crippen molar-refractivity contribution in [1.29, 1.82) is 0 Å². The molecule has 0 unspecified atom stereocenters. The summed E-state index contributed by atoms with van der Waals surface area (Å²) in [4.78, 5) is 24.9. The van der Waals surface area contributed by atoms with Crippen LogP contribution >= 0.6 is 0 Å². The molecule has 28 heavy (non-hydrogen) atoms. The van der Waals surface area contributed by atoms with Crippen LogP contribution in [0.5, 0.6) is 0 Å². The van der Waals surface area contributed by atoms with Gasteiger partial charge in [0.15, 0.2) is 0 Å². The van der Waals surface area contributed by atoms with E-state index in [1.165, 1.54) is 5.56 Å². The maximum absolute atomic E-state index is 11.8. The third-order valence-electron chi connectivity index (χ3n) is 4.63. The van der Waals surface area contributed by atoms with Gasteiger partial charge in [-0.25, -0.2) is 0 Å². The monoisotopic (exact) mass is 382 g/mol. The van der Waals surface area contributed by atoms with E-state index in [1.54, 1.807) is 0 Å². The number of carbonyl (C=O) groups is 2. The second kappa shape index (κ2) is 11.2. The van der Waals surface area contributed by atoms with E-state index in [4.69, 9.17) is 11.5 Å². The van der Waals surface area contributed by atoms with E-state index >= 15 is 0 Å². The third kappa shape index (κ3) is 7.90. The fourth-order valence-electron chi connectivity index (χ4n) is 3.10. The number of benzene rings is 2. The first-order valence-electron chi connectivity index (χ1n) is 9.55. The first-order valence-corrected chi connectivity index (χ1v) is 9.55. The van der Waals surface area contributed by atoms with Gasteiger partial charge in [-0.05, 0) is 43.1 Å². The van der Waals surface area contributed by atoms with Gasteiger partial charge < -0.3 is 21.7 Å². The number of hydrogen-bond donors (Lipinski definition) is 3. The molecule has 1 atom stereocenters. The molecule has 150 valence electrons. The van der Waals surface area contributed by atoms with Crippen LogP contribution in [0.2, 0.25) is 0 Å². The third-order valence-corrected chi connectivity index (χ3v) is 4.63. The molecule has 2 rings (SSSR count). The van der Waals surface area contributed by atoms with Crippen LogP contribution in [0.25, 0.3) is 0 Å². The van der Waals surface area contributed by atoms with Gasteiger partial charge in [0.05, 0.1) is 12.5 Å². The van der Waals surface area contributed by atoms with E-state index in [0.717, 1.165) is 30.6 Å². The number of nitrogens with two attached hydrogens (primary N) is 2. The molecule has 2 amide bonds. The molecule has 6 heteroatoms. The van der Waals surface area contributed by atoms with Crippen LogP contribution in [0.15, 0.2) is 54.6 Å². The highest BCUT2D eigenvalue weighted by molar-refractivity contribution is 5.79. The molecule has 0 radical (unpaired) electrons. The standard InChI is InChI=1S/C22H30N4O2/c1-26(16-19-6-3-2-4-7-19)13-5-8-20(22(24)28)25-15-18-11-9-17(10-12-18)14-21(23)27/h2-4,6-7,9-12,20,25H,5,8,13-16H2,1H3,(H2,23,27)(H2,24,28)/t20-/m1/s1. The number of amides is 2. The summed E-state index contributed by atoms with van der Waals surface area (Å²) in [6.45, 7) is 2.32. The molecule has 0 fully saturated rings. The highest BCUT2D eigenvalue weighted by Crippen LogP contribution is 2.08. The van der Waals surface area contributed by atoms with Gasteiger partial charge in [-0.15, -0.1) is 0 Å². The number of hydrogen-bond acceptors (Lipinski definition) is 4. The van der Waals surface area contributed by atoms with Crippen molar-refractivity contribution < 1.29 is 9.59 Å². The van der Waals surface area contributed by atoms with Crippen molar-refractivity contribution in [2.24, 2.45) is 11.5 Å². The molecule has 2 aromatic rings. The second-order valence-corrected chi connectivity index (χ2v) is 7.16. The largest absolute Gasteiger partial charge is 0.369 e. The molecule has 0 aromatic heterocycles. The molecule has 0 heterocycles. The summed E-state index contributed by atoms with van der Waals surface area (Å²) in [6.07, 6.45) is 1.80. The van der Waals surface area contributed by atoms with Crippen molar-refractivity contribution in [3.05, 3.63) is 71.3 Å².